The Morgan fingerprint density at radius 2 is 1.88 bits per heavy atom. The fourth-order valence-electron chi connectivity index (χ4n) is 2.00. The molecule has 5 nitrogen and oxygen atoms in total. The first-order valence-electron chi connectivity index (χ1n) is 7.40. The molecule has 0 saturated heterocycles. The van der Waals surface area contributed by atoms with Crippen molar-refractivity contribution in [1.82, 2.24) is 5.32 Å². The first-order chi connectivity index (χ1) is 11.5. The van der Waals surface area contributed by atoms with Gasteiger partial charge in [0.05, 0.1) is 12.7 Å². The molecule has 0 saturated carbocycles. The molecule has 2 aromatic rings. The summed E-state index contributed by atoms with van der Waals surface area (Å²) in [7, 11) is 0. The molecule has 0 spiro atoms. The highest BCUT2D eigenvalue weighted by molar-refractivity contribution is 5.89. The van der Waals surface area contributed by atoms with E-state index in [0.29, 0.717) is 18.0 Å². The number of benzene rings is 2. The number of hydrogen-bond acceptors (Lipinski definition) is 3. The third-order valence-electron chi connectivity index (χ3n) is 3.21. The molecule has 1 atom stereocenters. The van der Waals surface area contributed by atoms with Gasteiger partial charge >= 0.3 is 6.03 Å². The highest BCUT2D eigenvalue weighted by atomic mass is 19.2. The summed E-state index contributed by atoms with van der Waals surface area (Å²) >= 11 is 0. The Bertz CT molecular complexity index is 693. The van der Waals surface area contributed by atoms with E-state index in [-0.39, 0.29) is 12.1 Å². The Kier molecular flexibility index (Phi) is 6.08. The van der Waals surface area contributed by atoms with Crippen LogP contribution in [0.3, 0.4) is 0 Å². The van der Waals surface area contributed by atoms with E-state index in [1.807, 2.05) is 6.92 Å². The fourth-order valence-corrected chi connectivity index (χ4v) is 2.00. The van der Waals surface area contributed by atoms with E-state index in [4.69, 9.17) is 4.74 Å². The van der Waals surface area contributed by atoms with Crippen molar-refractivity contribution in [2.45, 2.75) is 13.0 Å². The van der Waals surface area contributed by atoms with Gasteiger partial charge in [-0.1, -0.05) is 6.07 Å². The number of ether oxygens (including phenoxy) is 1. The maximum absolute atomic E-state index is 13.1. The van der Waals surface area contributed by atoms with Crippen molar-refractivity contribution in [2.24, 2.45) is 0 Å². The highest BCUT2D eigenvalue weighted by Gasteiger charge is 2.12. The van der Waals surface area contributed by atoms with E-state index in [9.17, 15) is 18.7 Å². The lowest BCUT2D eigenvalue weighted by molar-refractivity contribution is 0.174. The van der Waals surface area contributed by atoms with Gasteiger partial charge in [-0.25, -0.2) is 13.6 Å². The van der Waals surface area contributed by atoms with Crippen molar-refractivity contribution in [3.8, 4) is 5.75 Å². The Balaban J connectivity index is 1.84. The Morgan fingerprint density at radius 1 is 1.17 bits per heavy atom. The number of amides is 2. The predicted octanol–water partition coefficient (Wildman–Crippen LogP) is 3.22. The molecule has 0 aliphatic rings. The van der Waals surface area contributed by atoms with Crippen LogP contribution in [0.25, 0.3) is 0 Å². The number of carbonyl (C=O) groups excluding carboxylic acids is 1. The summed E-state index contributed by atoms with van der Waals surface area (Å²) in [6, 6.07) is 9.34. The van der Waals surface area contributed by atoms with Crippen LogP contribution in [0.15, 0.2) is 42.5 Å². The fraction of sp³-hybridized carbons (Fsp3) is 0.235. The first kappa shape index (κ1) is 17.7. The van der Waals surface area contributed by atoms with Gasteiger partial charge in [-0.2, -0.15) is 0 Å². The Morgan fingerprint density at radius 3 is 2.50 bits per heavy atom. The van der Waals surface area contributed by atoms with Crippen LogP contribution >= 0.6 is 0 Å². The monoisotopic (exact) mass is 336 g/mol. The predicted molar refractivity (Wildman–Crippen MR) is 86.0 cm³/mol. The molecule has 128 valence electrons. The number of rotatable bonds is 6. The van der Waals surface area contributed by atoms with Crippen molar-refractivity contribution in [3.05, 3.63) is 59.7 Å². The number of urea groups is 1. The van der Waals surface area contributed by atoms with Gasteiger partial charge in [-0.05, 0) is 48.9 Å². The number of aliphatic hydroxyl groups excluding tert-OH is 1. The van der Waals surface area contributed by atoms with E-state index in [0.717, 1.165) is 12.1 Å². The van der Waals surface area contributed by atoms with Crippen LogP contribution in [-0.2, 0) is 0 Å². The van der Waals surface area contributed by atoms with Gasteiger partial charge in [0, 0.05) is 12.2 Å². The molecular formula is C17H18F2N2O3. The van der Waals surface area contributed by atoms with E-state index >= 15 is 0 Å². The Hall–Kier alpha value is -2.67. The minimum Gasteiger partial charge on any atom is -0.494 e. The zero-order valence-corrected chi connectivity index (χ0v) is 13.1. The van der Waals surface area contributed by atoms with Crippen LogP contribution in [0.4, 0.5) is 19.3 Å². The third kappa shape index (κ3) is 4.92. The molecule has 2 rings (SSSR count). The molecule has 2 amide bonds. The van der Waals surface area contributed by atoms with Gasteiger partial charge in [0.2, 0.25) is 0 Å². The zero-order chi connectivity index (χ0) is 17.5. The van der Waals surface area contributed by atoms with Crippen LogP contribution in [0.1, 0.15) is 18.6 Å². The highest BCUT2D eigenvalue weighted by Crippen LogP contribution is 2.17. The summed E-state index contributed by atoms with van der Waals surface area (Å²) in [5, 5.41) is 14.9. The minimum atomic E-state index is -1.15. The molecule has 0 unspecified atom stereocenters. The summed E-state index contributed by atoms with van der Waals surface area (Å²) in [5.41, 5.74) is 0.730. The summed E-state index contributed by atoms with van der Waals surface area (Å²) < 4.78 is 31.3. The van der Waals surface area contributed by atoms with Gasteiger partial charge in [0.15, 0.2) is 11.6 Å². The summed E-state index contributed by atoms with van der Waals surface area (Å²) in [6.07, 6.45) is -1.15. The zero-order valence-electron chi connectivity index (χ0n) is 13.1. The summed E-state index contributed by atoms with van der Waals surface area (Å²) in [5.74, 6) is -1.35. The molecule has 3 N–H and O–H groups in total. The molecule has 24 heavy (non-hydrogen) atoms. The lowest BCUT2D eigenvalue weighted by Gasteiger charge is -2.13. The number of hydrogen-bond donors (Lipinski definition) is 3. The molecule has 0 radical (unpaired) electrons. The largest absolute Gasteiger partial charge is 0.494 e. The van der Waals surface area contributed by atoms with Gasteiger partial charge in [-0.15, -0.1) is 0 Å². The molecule has 2 aromatic carbocycles. The van der Waals surface area contributed by atoms with Gasteiger partial charge in [0.1, 0.15) is 5.75 Å². The minimum absolute atomic E-state index is 0.145. The van der Waals surface area contributed by atoms with Crippen LogP contribution in [0.5, 0.6) is 5.75 Å². The normalized spacial score (nSPS) is 11.7. The maximum atomic E-state index is 13.1. The van der Waals surface area contributed by atoms with E-state index in [1.54, 1.807) is 24.3 Å². The van der Waals surface area contributed by atoms with Crippen molar-refractivity contribution < 1.29 is 23.4 Å². The number of anilines is 1. The smallest absolute Gasteiger partial charge is 0.319 e. The topological polar surface area (TPSA) is 70.6 Å². The van der Waals surface area contributed by atoms with Gasteiger partial charge in [-0.3, -0.25) is 0 Å². The van der Waals surface area contributed by atoms with Crippen molar-refractivity contribution in [3.63, 3.8) is 0 Å². The molecule has 0 aliphatic carbocycles. The standard InChI is InChI=1S/C17H18F2N2O3/c1-2-24-13-6-4-12(5-7-13)21-17(23)20-10-16(22)11-3-8-14(18)15(19)9-11/h3-9,16,22H,2,10H2,1H3,(H2,20,21,23)/t16-/m0/s1. The van der Waals surface area contributed by atoms with E-state index in [1.165, 1.54) is 6.07 Å². The van der Waals surface area contributed by atoms with Gasteiger partial charge in [0.25, 0.3) is 0 Å². The first-order valence-corrected chi connectivity index (χ1v) is 7.40. The lowest BCUT2D eigenvalue weighted by atomic mass is 10.1. The average molecular weight is 336 g/mol. The van der Waals surface area contributed by atoms with Crippen LogP contribution < -0.4 is 15.4 Å². The summed E-state index contributed by atoms with van der Waals surface area (Å²) in [6.45, 7) is 2.28. The number of aliphatic hydroxyl groups is 1. The maximum Gasteiger partial charge on any atom is 0.319 e. The molecule has 7 heteroatoms. The van der Waals surface area contributed by atoms with Crippen LogP contribution in [0, 0.1) is 11.6 Å². The molecular weight excluding hydrogens is 318 g/mol. The number of halogens is 2. The number of carbonyl (C=O) groups is 1. The van der Waals surface area contributed by atoms with E-state index in [2.05, 4.69) is 10.6 Å². The van der Waals surface area contributed by atoms with Crippen molar-refractivity contribution >= 4 is 11.7 Å². The number of nitrogens with one attached hydrogen (secondary N) is 2. The van der Waals surface area contributed by atoms with Gasteiger partial charge < -0.3 is 20.5 Å². The molecule has 0 aliphatic heterocycles. The second-order valence-corrected chi connectivity index (χ2v) is 4.98. The van der Waals surface area contributed by atoms with Crippen molar-refractivity contribution in [2.75, 3.05) is 18.5 Å². The van der Waals surface area contributed by atoms with Crippen LogP contribution in [-0.4, -0.2) is 24.3 Å². The second-order valence-electron chi connectivity index (χ2n) is 4.98. The quantitative estimate of drug-likeness (QED) is 0.758. The molecule has 0 fully saturated rings. The molecule has 0 aromatic heterocycles. The summed E-state index contributed by atoms with van der Waals surface area (Å²) in [4.78, 5) is 11.8. The average Bonchev–Trinajstić information content (AvgIpc) is 2.57. The molecule has 0 bridgehead atoms. The van der Waals surface area contributed by atoms with Crippen molar-refractivity contribution in [1.29, 1.82) is 0 Å². The lowest BCUT2D eigenvalue weighted by Crippen LogP contribution is -2.32. The third-order valence-corrected chi connectivity index (χ3v) is 3.21. The Labute approximate surface area is 138 Å². The van der Waals surface area contributed by atoms with E-state index < -0.39 is 23.8 Å². The molecule has 0 heterocycles. The SMILES string of the molecule is CCOc1ccc(NC(=O)NC[C@H](O)c2ccc(F)c(F)c2)cc1. The second kappa shape index (κ2) is 8.26. The van der Waals surface area contributed by atoms with Crippen LogP contribution in [0.2, 0.25) is 0 Å².